The molecule has 0 N–H and O–H groups in total. The van der Waals surface area contributed by atoms with Gasteiger partial charge in [0, 0.05) is 11.6 Å². The first-order valence-electron chi connectivity index (χ1n) is 2.48. The van der Waals surface area contributed by atoms with Crippen LogP contribution in [0.1, 0.15) is 0 Å². The van der Waals surface area contributed by atoms with E-state index in [0.717, 1.165) is 10.7 Å². The van der Waals surface area contributed by atoms with E-state index in [9.17, 15) is 0 Å². The van der Waals surface area contributed by atoms with Gasteiger partial charge in [0.15, 0.2) is 5.82 Å². The van der Waals surface area contributed by atoms with Crippen molar-refractivity contribution >= 4 is 11.3 Å². The summed E-state index contributed by atoms with van der Waals surface area (Å²) in [6.45, 7) is 0. The molecule has 0 atom stereocenters. The Morgan fingerprint density at radius 1 is 1.44 bits per heavy atom. The first-order valence-corrected chi connectivity index (χ1v) is 3.36. The Hall–Kier alpha value is -1.03. The summed E-state index contributed by atoms with van der Waals surface area (Å²) < 4.78 is 0. The molecule has 0 aromatic rings. The fourth-order valence-corrected chi connectivity index (χ4v) is 1.20. The maximum atomic E-state index is 3.98. The van der Waals surface area contributed by atoms with Crippen LogP contribution < -0.4 is 0 Å². The molecule has 0 saturated heterocycles. The average molecular weight is 137 g/mol. The zero-order valence-electron chi connectivity index (χ0n) is 4.48. The van der Waals surface area contributed by atoms with Crippen LogP contribution in [0, 0.1) is 0 Å². The number of nitrogens with zero attached hydrogens (tertiary/aromatic N) is 3. The van der Waals surface area contributed by atoms with Gasteiger partial charge in [-0.2, -0.15) is 5.10 Å². The maximum absolute atomic E-state index is 3.98. The van der Waals surface area contributed by atoms with Crippen LogP contribution in [0.4, 0.5) is 0 Å². The third-order valence-electron chi connectivity index (χ3n) is 1.00. The molecule has 0 fully saturated rings. The Kier molecular flexibility index (Phi) is 0.927. The van der Waals surface area contributed by atoms with Crippen molar-refractivity contribution in [3.05, 3.63) is 17.8 Å². The average Bonchev–Trinajstić information content (AvgIpc) is 2.33. The van der Waals surface area contributed by atoms with Crippen molar-refractivity contribution in [2.75, 3.05) is 0 Å². The van der Waals surface area contributed by atoms with Gasteiger partial charge in [0.05, 0.1) is 11.1 Å². The summed E-state index contributed by atoms with van der Waals surface area (Å²) in [6, 6.07) is 0. The van der Waals surface area contributed by atoms with Crippen molar-refractivity contribution in [3.8, 4) is 10.7 Å². The van der Waals surface area contributed by atoms with Gasteiger partial charge in [-0.15, -0.1) is 16.4 Å². The zero-order valence-corrected chi connectivity index (χ0v) is 5.30. The molecule has 2 aliphatic rings. The highest BCUT2D eigenvalue weighted by atomic mass is 32.1. The molecule has 0 saturated carbocycles. The van der Waals surface area contributed by atoms with Gasteiger partial charge in [0.1, 0.15) is 0 Å². The minimum absolute atomic E-state index is 0.738. The monoisotopic (exact) mass is 137 g/mol. The Balaban J connectivity index is 2.79. The van der Waals surface area contributed by atoms with Gasteiger partial charge in [0.25, 0.3) is 0 Å². The molecule has 0 radical (unpaired) electrons. The van der Waals surface area contributed by atoms with Gasteiger partial charge in [-0.3, -0.25) is 0 Å². The molecule has 4 heteroatoms. The first-order chi connectivity index (χ1) is 4.47. The Labute approximate surface area is 55.7 Å². The van der Waals surface area contributed by atoms with E-state index in [1.54, 1.807) is 23.7 Å². The van der Waals surface area contributed by atoms with E-state index in [4.69, 9.17) is 0 Å². The predicted octanol–water partition coefficient (Wildman–Crippen LogP) is 1.04. The fraction of sp³-hybridized carbons (Fsp3) is 0. The predicted molar refractivity (Wildman–Crippen MR) is 34.3 cm³/mol. The molecule has 44 valence electrons. The van der Waals surface area contributed by atoms with Crippen molar-refractivity contribution in [1.82, 2.24) is 15.2 Å². The smallest absolute Gasteiger partial charge is 0.193 e. The second-order valence-corrected chi connectivity index (χ2v) is 2.51. The molecular formula is C5H3N3S. The molecule has 0 aromatic carbocycles. The van der Waals surface area contributed by atoms with Gasteiger partial charge in [-0.25, -0.2) is 4.98 Å². The Morgan fingerprint density at radius 3 is 3.33 bits per heavy atom. The molecule has 0 aromatic heterocycles. The van der Waals surface area contributed by atoms with Crippen molar-refractivity contribution in [2.24, 2.45) is 0 Å². The highest BCUT2D eigenvalue weighted by Gasteiger charge is 2.02. The van der Waals surface area contributed by atoms with E-state index in [1.807, 2.05) is 5.38 Å². The van der Waals surface area contributed by atoms with Crippen molar-refractivity contribution in [1.29, 1.82) is 0 Å². The number of rotatable bonds is 0. The van der Waals surface area contributed by atoms with Crippen LogP contribution in [0.5, 0.6) is 0 Å². The Morgan fingerprint density at radius 2 is 2.44 bits per heavy atom. The molecular weight excluding hydrogens is 134 g/mol. The summed E-state index contributed by atoms with van der Waals surface area (Å²) >= 11 is 1.60. The number of aromatic nitrogens is 3. The lowest BCUT2D eigenvalue weighted by Gasteiger charge is -1.86. The van der Waals surface area contributed by atoms with E-state index in [0.29, 0.717) is 0 Å². The highest BCUT2D eigenvalue weighted by molar-refractivity contribution is 7.13. The number of fused-ring (bicyclic) bond motifs is 1. The van der Waals surface area contributed by atoms with Gasteiger partial charge in [-0.1, -0.05) is 0 Å². The normalized spacial score (nSPS) is 10.2. The molecule has 0 amide bonds. The summed E-state index contributed by atoms with van der Waals surface area (Å²) in [5.41, 5.74) is 0. The van der Waals surface area contributed by atoms with Crippen molar-refractivity contribution in [3.63, 3.8) is 0 Å². The summed E-state index contributed by atoms with van der Waals surface area (Å²) in [4.78, 5) is 5.02. The van der Waals surface area contributed by atoms with E-state index in [-0.39, 0.29) is 0 Å². The van der Waals surface area contributed by atoms with Crippen LogP contribution in [0.15, 0.2) is 17.8 Å². The Bertz CT molecular complexity index is 252. The van der Waals surface area contributed by atoms with Crippen LogP contribution in [0.2, 0.25) is 0 Å². The fourth-order valence-electron chi connectivity index (χ4n) is 0.620. The summed E-state index contributed by atoms with van der Waals surface area (Å²) in [6.07, 6.45) is 3.44. The van der Waals surface area contributed by atoms with Crippen LogP contribution >= 0.6 is 11.3 Å². The molecule has 9 heavy (non-hydrogen) atoms. The van der Waals surface area contributed by atoms with Gasteiger partial charge in [-0.05, 0) is 0 Å². The molecule has 0 spiro atoms. The number of hydrogen-bond acceptors (Lipinski definition) is 4. The van der Waals surface area contributed by atoms with E-state index >= 15 is 0 Å². The van der Waals surface area contributed by atoms with Crippen LogP contribution in [-0.4, -0.2) is 15.2 Å². The van der Waals surface area contributed by atoms with Crippen LogP contribution in [0.25, 0.3) is 10.7 Å². The second-order valence-electron chi connectivity index (χ2n) is 1.56. The molecule has 0 unspecified atom stereocenters. The van der Waals surface area contributed by atoms with E-state index in [1.165, 1.54) is 0 Å². The third-order valence-corrected chi connectivity index (χ3v) is 1.80. The SMILES string of the molecule is c1csc2cnnc-2n1. The standard InChI is InChI=1S/C5H3N3S/c1-2-9-4-3-7-8-5(4)6-1/h1-3H. The van der Waals surface area contributed by atoms with Crippen molar-refractivity contribution in [2.45, 2.75) is 0 Å². The first kappa shape index (κ1) is 4.81. The van der Waals surface area contributed by atoms with Gasteiger partial charge in [0.2, 0.25) is 0 Å². The third kappa shape index (κ3) is 0.675. The largest absolute Gasteiger partial charge is 0.233 e. The summed E-state index contributed by atoms with van der Waals surface area (Å²) in [5.74, 6) is 0.738. The van der Waals surface area contributed by atoms with E-state index in [2.05, 4.69) is 15.2 Å². The second kappa shape index (κ2) is 1.73. The topological polar surface area (TPSA) is 38.7 Å². The zero-order chi connectivity index (χ0) is 6.10. The van der Waals surface area contributed by atoms with Crippen molar-refractivity contribution < 1.29 is 0 Å². The van der Waals surface area contributed by atoms with Gasteiger partial charge < -0.3 is 0 Å². The quantitative estimate of drug-likeness (QED) is 0.544. The minimum atomic E-state index is 0.738. The van der Waals surface area contributed by atoms with Gasteiger partial charge >= 0.3 is 0 Å². The lowest BCUT2D eigenvalue weighted by molar-refractivity contribution is 1.07. The molecule has 2 heterocycles. The summed E-state index contributed by atoms with van der Waals surface area (Å²) in [5, 5.41) is 9.38. The maximum Gasteiger partial charge on any atom is 0.193 e. The molecule has 0 bridgehead atoms. The summed E-state index contributed by atoms with van der Waals surface area (Å²) in [7, 11) is 0. The molecule has 3 nitrogen and oxygen atoms in total. The minimum Gasteiger partial charge on any atom is -0.233 e. The lowest BCUT2D eigenvalue weighted by atomic mass is 10.5. The highest BCUT2D eigenvalue weighted by Crippen LogP contribution is 2.18. The molecule has 2 rings (SSSR count). The lowest BCUT2D eigenvalue weighted by Crippen LogP contribution is -1.76. The van der Waals surface area contributed by atoms with Crippen LogP contribution in [0.3, 0.4) is 0 Å². The van der Waals surface area contributed by atoms with Crippen LogP contribution in [-0.2, 0) is 0 Å². The number of hydrogen-bond donors (Lipinski definition) is 0. The molecule has 0 aliphatic carbocycles. The van der Waals surface area contributed by atoms with E-state index < -0.39 is 0 Å². The molecule has 2 aliphatic heterocycles.